The third-order valence-corrected chi connectivity index (χ3v) is 3.72. The number of H-pyrrole nitrogens is 1. The summed E-state index contributed by atoms with van der Waals surface area (Å²) in [5.41, 5.74) is 8.61. The zero-order chi connectivity index (χ0) is 13.2. The molecule has 3 N–H and O–H groups in total. The molecule has 0 bridgehead atoms. The summed E-state index contributed by atoms with van der Waals surface area (Å²) in [5.74, 6) is 1.17. The van der Waals surface area contributed by atoms with Crippen LogP contribution in [0.25, 0.3) is 21.7 Å². The van der Waals surface area contributed by atoms with Gasteiger partial charge < -0.3 is 10.5 Å². The van der Waals surface area contributed by atoms with Crippen LogP contribution in [0.3, 0.4) is 0 Å². The molecule has 0 amide bonds. The molecular formula is C13H12N4OS. The molecule has 3 aromatic rings. The first-order valence-electron chi connectivity index (χ1n) is 5.67. The molecule has 0 radical (unpaired) electrons. The van der Waals surface area contributed by atoms with Crippen LogP contribution in [0.4, 0.5) is 5.82 Å². The number of anilines is 1. The van der Waals surface area contributed by atoms with Gasteiger partial charge in [-0.2, -0.15) is 5.10 Å². The Labute approximate surface area is 114 Å². The van der Waals surface area contributed by atoms with Crippen molar-refractivity contribution in [2.24, 2.45) is 0 Å². The van der Waals surface area contributed by atoms with E-state index in [-0.39, 0.29) is 0 Å². The molecule has 5 nitrogen and oxygen atoms in total. The number of nitrogens with one attached hydrogen (secondary N) is 1. The van der Waals surface area contributed by atoms with Crippen LogP contribution in [0.15, 0.2) is 36.0 Å². The van der Waals surface area contributed by atoms with E-state index >= 15 is 0 Å². The van der Waals surface area contributed by atoms with Crippen LogP contribution in [-0.4, -0.2) is 22.3 Å². The predicted octanol–water partition coefficient (Wildman–Crippen LogP) is 2.79. The molecule has 0 fully saturated rings. The van der Waals surface area contributed by atoms with Gasteiger partial charge in [-0.05, 0) is 17.5 Å². The Morgan fingerprint density at radius 3 is 3.00 bits per heavy atom. The Bertz CT molecular complexity index is 690. The molecule has 0 unspecified atom stereocenters. The molecule has 19 heavy (non-hydrogen) atoms. The van der Waals surface area contributed by atoms with Gasteiger partial charge in [0.25, 0.3) is 0 Å². The second-order valence-corrected chi connectivity index (χ2v) is 4.86. The summed E-state index contributed by atoms with van der Waals surface area (Å²) in [5, 5.41) is 9.09. The van der Waals surface area contributed by atoms with Gasteiger partial charge >= 0.3 is 0 Å². The molecule has 3 rings (SSSR count). The second-order valence-electron chi connectivity index (χ2n) is 3.91. The third kappa shape index (κ3) is 1.96. The van der Waals surface area contributed by atoms with Crippen molar-refractivity contribution < 1.29 is 4.74 Å². The fraction of sp³-hybridized carbons (Fsp3) is 0.0769. The molecule has 0 aromatic carbocycles. The Morgan fingerprint density at radius 2 is 2.26 bits per heavy atom. The zero-order valence-electron chi connectivity index (χ0n) is 10.3. The van der Waals surface area contributed by atoms with Crippen LogP contribution in [0.1, 0.15) is 0 Å². The Morgan fingerprint density at radius 1 is 1.37 bits per heavy atom. The van der Waals surface area contributed by atoms with Crippen LogP contribution in [0.2, 0.25) is 0 Å². The maximum atomic E-state index is 5.97. The molecule has 0 saturated carbocycles. The third-order valence-electron chi connectivity index (χ3n) is 2.84. The summed E-state index contributed by atoms with van der Waals surface area (Å²) in [6.07, 6.45) is 3.39. The number of nitrogens with zero attached hydrogens (tertiary/aromatic N) is 2. The summed E-state index contributed by atoms with van der Waals surface area (Å²) in [6, 6.07) is 5.88. The second kappa shape index (κ2) is 4.74. The van der Waals surface area contributed by atoms with Gasteiger partial charge in [-0.25, -0.2) is 0 Å². The van der Waals surface area contributed by atoms with Gasteiger partial charge in [-0.15, -0.1) is 11.3 Å². The van der Waals surface area contributed by atoms with Gasteiger partial charge in [0.2, 0.25) is 0 Å². The lowest BCUT2D eigenvalue weighted by molar-refractivity contribution is 0.414. The Balaban J connectivity index is 2.22. The van der Waals surface area contributed by atoms with E-state index in [1.165, 1.54) is 0 Å². The maximum Gasteiger partial charge on any atom is 0.154 e. The molecule has 0 aliphatic rings. The minimum atomic E-state index is 0.483. The maximum absolute atomic E-state index is 5.97. The molecule has 3 heterocycles. The number of pyridine rings is 1. The lowest BCUT2D eigenvalue weighted by Gasteiger charge is -2.07. The van der Waals surface area contributed by atoms with E-state index in [0.717, 1.165) is 21.7 Å². The summed E-state index contributed by atoms with van der Waals surface area (Å²) >= 11 is 1.62. The number of nitrogen functional groups attached to an aromatic ring is 1. The topological polar surface area (TPSA) is 76.8 Å². The molecule has 96 valence electrons. The van der Waals surface area contributed by atoms with Crippen molar-refractivity contribution in [2.75, 3.05) is 12.8 Å². The summed E-state index contributed by atoms with van der Waals surface area (Å²) in [7, 11) is 1.62. The molecule has 0 aliphatic carbocycles. The normalized spacial score (nSPS) is 10.6. The molecule has 0 saturated heterocycles. The zero-order valence-corrected chi connectivity index (χ0v) is 11.1. The number of thiophene rings is 1. The minimum Gasteiger partial charge on any atom is -0.494 e. The first-order valence-corrected chi connectivity index (χ1v) is 6.55. The van der Waals surface area contributed by atoms with Crippen molar-refractivity contribution in [3.8, 4) is 27.4 Å². The first-order chi connectivity index (χ1) is 9.31. The summed E-state index contributed by atoms with van der Waals surface area (Å²) in [4.78, 5) is 5.12. The van der Waals surface area contributed by atoms with E-state index in [1.54, 1.807) is 30.8 Å². The number of nitrogens with two attached hydrogens (primary N) is 1. The summed E-state index contributed by atoms with van der Waals surface area (Å²) < 4.78 is 5.33. The van der Waals surface area contributed by atoms with Crippen molar-refractivity contribution in [3.63, 3.8) is 0 Å². The largest absolute Gasteiger partial charge is 0.494 e. The van der Waals surface area contributed by atoms with Gasteiger partial charge in [0.05, 0.1) is 24.6 Å². The van der Waals surface area contributed by atoms with Crippen LogP contribution >= 0.6 is 11.3 Å². The number of aromatic amines is 1. The van der Waals surface area contributed by atoms with Gasteiger partial charge in [0.15, 0.2) is 5.82 Å². The highest BCUT2D eigenvalue weighted by molar-refractivity contribution is 7.13. The lowest BCUT2D eigenvalue weighted by Crippen LogP contribution is -1.91. The van der Waals surface area contributed by atoms with Crippen molar-refractivity contribution in [1.29, 1.82) is 0 Å². The lowest BCUT2D eigenvalue weighted by atomic mass is 10.1. The SMILES string of the molecule is COc1cnccc1-c1[nH]nc(N)c1-c1cccs1. The molecular weight excluding hydrogens is 260 g/mol. The smallest absolute Gasteiger partial charge is 0.154 e. The highest BCUT2D eigenvalue weighted by atomic mass is 32.1. The number of ether oxygens (including phenoxy) is 1. The van der Waals surface area contributed by atoms with Crippen molar-refractivity contribution >= 4 is 17.2 Å². The average Bonchev–Trinajstić information content (AvgIpc) is 3.07. The van der Waals surface area contributed by atoms with Crippen molar-refractivity contribution in [2.45, 2.75) is 0 Å². The van der Waals surface area contributed by atoms with Crippen molar-refractivity contribution in [3.05, 3.63) is 36.0 Å². The fourth-order valence-electron chi connectivity index (χ4n) is 1.97. The van der Waals surface area contributed by atoms with E-state index in [9.17, 15) is 0 Å². The first kappa shape index (κ1) is 11.7. The number of rotatable bonds is 3. The number of hydrogen-bond acceptors (Lipinski definition) is 5. The molecule has 0 aliphatic heterocycles. The molecule has 0 spiro atoms. The fourth-order valence-corrected chi connectivity index (χ4v) is 2.76. The highest BCUT2D eigenvalue weighted by Crippen LogP contribution is 2.39. The monoisotopic (exact) mass is 272 g/mol. The van der Waals surface area contributed by atoms with Crippen LogP contribution in [0.5, 0.6) is 5.75 Å². The van der Waals surface area contributed by atoms with E-state index in [0.29, 0.717) is 11.6 Å². The number of methoxy groups -OCH3 is 1. The summed E-state index contributed by atoms with van der Waals surface area (Å²) in [6.45, 7) is 0. The molecule has 3 aromatic heterocycles. The molecule has 6 heteroatoms. The van der Waals surface area contributed by atoms with Crippen LogP contribution in [0, 0.1) is 0 Å². The van der Waals surface area contributed by atoms with Crippen LogP contribution < -0.4 is 10.5 Å². The standard InChI is InChI=1S/C13H12N4OS/c1-18-9-7-15-5-4-8(9)12-11(13(14)17-16-12)10-3-2-6-19-10/h2-7H,1H3,(H3,14,16,17). The Hall–Kier alpha value is -2.34. The Kier molecular flexibility index (Phi) is 2.92. The average molecular weight is 272 g/mol. The van der Waals surface area contributed by atoms with Crippen LogP contribution in [-0.2, 0) is 0 Å². The van der Waals surface area contributed by atoms with Gasteiger partial charge in [0.1, 0.15) is 5.75 Å². The highest BCUT2D eigenvalue weighted by Gasteiger charge is 2.18. The number of hydrogen-bond donors (Lipinski definition) is 2. The predicted molar refractivity (Wildman–Crippen MR) is 76.1 cm³/mol. The van der Waals surface area contributed by atoms with Gasteiger partial charge in [-0.3, -0.25) is 10.1 Å². The molecule has 0 atom stereocenters. The van der Waals surface area contributed by atoms with E-state index in [1.807, 2.05) is 23.6 Å². The minimum absolute atomic E-state index is 0.483. The van der Waals surface area contributed by atoms with Crippen molar-refractivity contribution in [1.82, 2.24) is 15.2 Å². The van der Waals surface area contributed by atoms with E-state index in [4.69, 9.17) is 10.5 Å². The van der Waals surface area contributed by atoms with E-state index in [2.05, 4.69) is 15.2 Å². The van der Waals surface area contributed by atoms with Gasteiger partial charge in [0, 0.05) is 16.6 Å². The number of aromatic nitrogens is 3. The van der Waals surface area contributed by atoms with E-state index < -0.39 is 0 Å². The quantitative estimate of drug-likeness (QED) is 0.768. The van der Waals surface area contributed by atoms with Gasteiger partial charge in [-0.1, -0.05) is 6.07 Å².